The van der Waals surface area contributed by atoms with E-state index in [0.717, 1.165) is 27.9 Å². The van der Waals surface area contributed by atoms with Gasteiger partial charge in [-0.15, -0.1) is 0 Å². The van der Waals surface area contributed by atoms with Gasteiger partial charge in [0.15, 0.2) is 0 Å². The van der Waals surface area contributed by atoms with E-state index in [-0.39, 0.29) is 0 Å². The predicted molar refractivity (Wildman–Crippen MR) is 66.1 cm³/mol. The monoisotopic (exact) mass is 267 g/mol. The highest BCUT2D eigenvalue weighted by Gasteiger charge is 2.21. The molecule has 3 heteroatoms. The molecule has 0 N–H and O–H groups in total. The molecule has 0 fully saturated rings. The maximum atomic E-state index is 5.37. The van der Waals surface area contributed by atoms with Crippen LogP contribution < -0.4 is 4.74 Å². The van der Waals surface area contributed by atoms with E-state index in [4.69, 9.17) is 4.74 Å². The van der Waals surface area contributed by atoms with Crippen LogP contribution in [0.2, 0.25) is 0 Å². The lowest BCUT2D eigenvalue weighted by Crippen LogP contribution is -2.18. The molecule has 2 rings (SSSR count). The molecule has 0 amide bonds. The van der Waals surface area contributed by atoms with Crippen molar-refractivity contribution in [1.29, 1.82) is 0 Å². The topological polar surface area (TPSA) is 21.6 Å². The van der Waals surface area contributed by atoms with Crippen LogP contribution in [0.4, 0.5) is 0 Å². The highest BCUT2D eigenvalue weighted by molar-refractivity contribution is 9.10. The van der Waals surface area contributed by atoms with Crippen molar-refractivity contribution in [3.05, 3.63) is 27.7 Å². The molecule has 0 radical (unpaired) electrons. The fraction of sp³-hybridized carbons (Fsp3) is 0.417. The van der Waals surface area contributed by atoms with Crippen molar-refractivity contribution in [2.75, 3.05) is 7.11 Å². The van der Waals surface area contributed by atoms with Gasteiger partial charge in [-0.3, -0.25) is 4.99 Å². The van der Waals surface area contributed by atoms with Crippen LogP contribution in [-0.4, -0.2) is 18.9 Å². The molecule has 80 valence electrons. The van der Waals surface area contributed by atoms with E-state index in [1.54, 1.807) is 7.11 Å². The lowest BCUT2D eigenvalue weighted by molar-refractivity contribution is 0.412. The average molecular weight is 268 g/mol. The molecular formula is C12H14BrNO. The molecule has 1 aromatic rings. The second-order valence-electron chi connectivity index (χ2n) is 3.87. The number of nitrogens with zero attached hydrogens (tertiary/aromatic N) is 1. The summed E-state index contributed by atoms with van der Waals surface area (Å²) in [6.07, 6.45) is 0.977. The summed E-state index contributed by atoms with van der Waals surface area (Å²) in [4.78, 5) is 4.59. The number of aliphatic imine (C=N–C) groups is 1. The van der Waals surface area contributed by atoms with Crippen LogP contribution >= 0.6 is 15.9 Å². The lowest BCUT2D eigenvalue weighted by Gasteiger charge is -2.22. The molecule has 0 saturated carbocycles. The van der Waals surface area contributed by atoms with Crippen LogP contribution in [0.1, 0.15) is 25.0 Å². The first-order chi connectivity index (χ1) is 7.13. The SMILES string of the molecule is COc1ccc(Br)c2c1C(C)=N[C@H](C)C2. The largest absolute Gasteiger partial charge is 0.496 e. The van der Waals surface area contributed by atoms with Crippen LogP contribution in [0.3, 0.4) is 0 Å². The Morgan fingerprint density at radius 1 is 1.47 bits per heavy atom. The molecule has 0 aliphatic carbocycles. The first kappa shape index (κ1) is 10.7. The van der Waals surface area contributed by atoms with Gasteiger partial charge in [-0.25, -0.2) is 0 Å². The van der Waals surface area contributed by atoms with Crippen molar-refractivity contribution in [1.82, 2.24) is 0 Å². The number of hydrogen-bond donors (Lipinski definition) is 0. The number of hydrogen-bond acceptors (Lipinski definition) is 2. The maximum Gasteiger partial charge on any atom is 0.128 e. The molecule has 1 aromatic carbocycles. The Labute approximate surface area is 98.5 Å². The van der Waals surface area contributed by atoms with Gasteiger partial charge in [0.2, 0.25) is 0 Å². The van der Waals surface area contributed by atoms with Gasteiger partial charge in [0.05, 0.1) is 13.2 Å². The van der Waals surface area contributed by atoms with E-state index in [9.17, 15) is 0 Å². The summed E-state index contributed by atoms with van der Waals surface area (Å²) in [7, 11) is 1.70. The van der Waals surface area contributed by atoms with Crippen LogP contribution in [0.25, 0.3) is 0 Å². The molecule has 1 heterocycles. The minimum atomic E-state index is 0.362. The second-order valence-corrected chi connectivity index (χ2v) is 4.73. The van der Waals surface area contributed by atoms with Gasteiger partial charge < -0.3 is 4.74 Å². The zero-order chi connectivity index (χ0) is 11.0. The average Bonchev–Trinajstić information content (AvgIpc) is 2.19. The number of methoxy groups -OCH3 is 1. The zero-order valence-corrected chi connectivity index (χ0v) is 10.8. The van der Waals surface area contributed by atoms with Crippen molar-refractivity contribution >= 4 is 21.6 Å². The number of halogens is 1. The van der Waals surface area contributed by atoms with Gasteiger partial charge in [0.1, 0.15) is 5.75 Å². The van der Waals surface area contributed by atoms with Crippen molar-refractivity contribution in [2.24, 2.45) is 4.99 Å². The summed E-state index contributed by atoms with van der Waals surface area (Å²) >= 11 is 3.59. The normalized spacial score (nSPS) is 19.5. The number of fused-ring (bicyclic) bond motifs is 1. The standard InChI is InChI=1S/C12H14BrNO/c1-7-6-9-10(13)4-5-11(15-3)12(9)8(2)14-7/h4-5,7H,6H2,1-3H3/t7-/m1/s1. The lowest BCUT2D eigenvalue weighted by atomic mass is 9.94. The van der Waals surface area contributed by atoms with E-state index in [1.807, 2.05) is 19.1 Å². The first-order valence-electron chi connectivity index (χ1n) is 5.03. The Morgan fingerprint density at radius 2 is 2.20 bits per heavy atom. The fourth-order valence-electron chi connectivity index (χ4n) is 2.10. The van der Waals surface area contributed by atoms with E-state index in [0.29, 0.717) is 6.04 Å². The molecule has 1 aliphatic rings. The molecule has 1 atom stereocenters. The Bertz CT molecular complexity index is 426. The molecular weight excluding hydrogens is 254 g/mol. The number of ether oxygens (including phenoxy) is 1. The maximum absolute atomic E-state index is 5.37. The summed E-state index contributed by atoms with van der Waals surface area (Å²) in [6, 6.07) is 4.39. The van der Waals surface area contributed by atoms with Gasteiger partial charge in [0, 0.05) is 15.7 Å². The van der Waals surface area contributed by atoms with Gasteiger partial charge >= 0.3 is 0 Å². The van der Waals surface area contributed by atoms with Crippen LogP contribution in [-0.2, 0) is 6.42 Å². The Hall–Kier alpha value is -0.830. The van der Waals surface area contributed by atoms with Crippen molar-refractivity contribution in [3.8, 4) is 5.75 Å². The number of rotatable bonds is 1. The highest BCUT2D eigenvalue weighted by Crippen LogP contribution is 2.33. The van der Waals surface area contributed by atoms with Crippen LogP contribution in [0, 0.1) is 0 Å². The van der Waals surface area contributed by atoms with E-state index >= 15 is 0 Å². The summed E-state index contributed by atoms with van der Waals surface area (Å²) < 4.78 is 6.52. The Balaban J connectivity index is 2.65. The third-order valence-electron chi connectivity index (χ3n) is 2.71. The minimum Gasteiger partial charge on any atom is -0.496 e. The molecule has 15 heavy (non-hydrogen) atoms. The smallest absolute Gasteiger partial charge is 0.128 e. The van der Waals surface area contributed by atoms with E-state index in [2.05, 4.69) is 27.8 Å². The molecule has 0 bridgehead atoms. The molecule has 0 saturated heterocycles. The summed E-state index contributed by atoms with van der Waals surface area (Å²) in [6.45, 7) is 4.18. The van der Waals surface area contributed by atoms with Gasteiger partial charge in [-0.05, 0) is 38.0 Å². The van der Waals surface area contributed by atoms with E-state index < -0.39 is 0 Å². The third kappa shape index (κ3) is 1.81. The van der Waals surface area contributed by atoms with Crippen LogP contribution in [0.5, 0.6) is 5.75 Å². The Morgan fingerprint density at radius 3 is 2.87 bits per heavy atom. The van der Waals surface area contributed by atoms with Crippen molar-refractivity contribution < 1.29 is 4.74 Å². The second kappa shape index (κ2) is 3.97. The van der Waals surface area contributed by atoms with Crippen molar-refractivity contribution in [3.63, 3.8) is 0 Å². The van der Waals surface area contributed by atoms with E-state index in [1.165, 1.54) is 5.56 Å². The van der Waals surface area contributed by atoms with Crippen LogP contribution in [0.15, 0.2) is 21.6 Å². The molecule has 0 unspecified atom stereocenters. The third-order valence-corrected chi connectivity index (χ3v) is 3.46. The van der Waals surface area contributed by atoms with Gasteiger partial charge in [0.25, 0.3) is 0 Å². The zero-order valence-electron chi connectivity index (χ0n) is 9.17. The number of benzene rings is 1. The molecule has 1 aliphatic heterocycles. The summed E-state index contributed by atoms with van der Waals surface area (Å²) in [5.41, 5.74) is 3.54. The molecule has 0 aromatic heterocycles. The molecule has 0 spiro atoms. The van der Waals surface area contributed by atoms with Crippen molar-refractivity contribution in [2.45, 2.75) is 26.3 Å². The predicted octanol–water partition coefficient (Wildman–Crippen LogP) is 3.21. The molecule has 2 nitrogen and oxygen atoms in total. The summed E-state index contributed by atoms with van der Waals surface area (Å²) in [5.74, 6) is 0.918. The summed E-state index contributed by atoms with van der Waals surface area (Å²) in [5, 5.41) is 0. The quantitative estimate of drug-likeness (QED) is 0.766. The van der Waals surface area contributed by atoms with Gasteiger partial charge in [-0.1, -0.05) is 15.9 Å². The highest BCUT2D eigenvalue weighted by atomic mass is 79.9. The van der Waals surface area contributed by atoms with Gasteiger partial charge in [-0.2, -0.15) is 0 Å². The minimum absolute atomic E-state index is 0.362. The fourth-order valence-corrected chi connectivity index (χ4v) is 2.60. The Kier molecular flexibility index (Phi) is 2.83. The first-order valence-corrected chi connectivity index (χ1v) is 5.83.